The third kappa shape index (κ3) is 3.03. The van der Waals surface area contributed by atoms with Gasteiger partial charge in [-0.15, -0.1) is 11.8 Å². The van der Waals surface area contributed by atoms with Gasteiger partial charge in [-0.3, -0.25) is 9.69 Å². The highest BCUT2D eigenvalue weighted by Gasteiger charge is 2.36. The van der Waals surface area contributed by atoms with Crippen molar-refractivity contribution in [3.05, 3.63) is 17.9 Å². The molecule has 1 N–H and O–H groups in total. The van der Waals surface area contributed by atoms with Crippen LogP contribution >= 0.6 is 11.8 Å². The summed E-state index contributed by atoms with van der Waals surface area (Å²) in [5, 5.41) is 2.64. The van der Waals surface area contributed by atoms with Crippen LogP contribution in [0.5, 0.6) is 0 Å². The quantitative estimate of drug-likeness (QED) is 0.891. The minimum absolute atomic E-state index is 0.175. The van der Waals surface area contributed by atoms with Crippen LogP contribution in [0.3, 0.4) is 0 Å². The number of cyclic esters (lactones) is 1. The van der Waals surface area contributed by atoms with Gasteiger partial charge in [0.2, 0.25) is 5.91 Å². The molecule has 2 saturated heterocycles. The van der Waals surface area contributed by atoms with E-state index in [2.05, 4.69) is 10.2 Å². The van der Waals surface area contributed by atoms with E-state index in [1.165, 1.54) is 17.9 Å². The number of thioether (sulfide) groups is 1. The van der Waals surface area contributed by atoms with Crippen molar-refractivity contribution in [1.82, 2.24) is 5.32 Å². The lowest BCUT2D eigenvalue weighted by molar-refractivity contribution is -0.119. The number of ether oxygens (including phenoxy) is 1. The lowest BCUT2D eigenvalue weighted by Gasteiger charge is -2.34. The summed E-state index contributed by atoms with van der Waals surface area (Å²) in [6.07, 6.45) is 1.27. The topological polar surface area (TPSA) is 61.9 Å². The highest BCUT2D eigenvalue weighted by atomic mass is 32.2. The lowest BCUT2D eigenvalue weighted by atomic mass is 10.2. The Kier molecular flexibility index (Phi) is 4.23. The molecule has 2 atom stereocenters. The molecular weight excluding hydrogens is 345 g/mol. The second-order valence-electron chi connectivity index (χ2n) is 6.63. The Labute approximate surface area is 149 Å². The molecule has 6 nitrogen and oxygen atoms in total. The maximum atomic E-state index is 14.8. The first-order valence-electron chi connectivity index (χ1n) is 8.48. The highest BCUT2D eigenvalue weighted by Crippen LogP contribution is 2.45. The van der Waals surface area contributed by atoms with Crippen molar-refractivity contribution >= 4 is 35.1 Å². The van der Waals surface area contributed by atoms with Crippen LogP contribution in [-0.4, -0.2) is 49.5 Å². The van der Waals surface area contributed by atoms with Gasteiger partial charge in [-0.1, -0.05) is 0 Å². The Balaban J connectivity index is 1.56. The zero-order valence-electron chi connectivity index (χ0n) is 14.0. The van der Waals surface area contributed by atoms with E-state index in [0.29, 0.717) is 24.0 Å². The first-order valence-corrected chi connectivity index (χ1v) is 9.47. The fourth-order valence-corrected chi connectivity index (χ4v) is 4.96. The Bertz CT molecular complexity index is 729. The van der Waals surface area contributed by atoms with Crippen molar-refractivity contribution in [3.8, 4) is 0 Å². The molecule has 2 fully saturated rings. The van der Waals surface area contributed by atoms with Gasteiger partial charge in [-0.2, -0.15) is 0 Å². The van der Waals surface area contributed by atoms with Crippen LogP contribution in [0.25, 0.3) is 0 Å². The van der Waals surface area contributed by atoms with Crippen molar-refractivity contribution in [2.75, 3.05) is 35.2 Å². The van der Waals surface area contributed by atoms with Crippen molar-refractivity contribution < 1.29 is 18.7 Å². The summed E-state index contributed by atoms with van der Waals surface area (Å²) in [5.74, 6) is 0.487. The van der Waals surface area contributed by atoms with E-state index in [-0.39, 0.29) is 18.3 Å². The average molecular weight is 365 g/mol. The third-order valence-corrected chi connectivity index (χ3v) is 6.05. The van der Waals surface area contributed by atoms with Crippen molar-refractivity contribution in [1.29, 1.82) is 0 Å². The van der Waals surface area contributed by atoms with E-state index in [1.807, 2.05) is 6.07 Å². The zero-order chi connectivity index (χ0) is 17.6. The molecule has 0 saturated carbocycles. The van der Waals surface area contributed by atoms with Gasteiger partial charge >= 0.3 is 6.09 Å². The van der Waals surface area contributed by atoms with Crippen LogP contribution in [-0.2, 0) is 9.53 Å². The van der Waals surface area contributed by atoms with Gasteiger partial charge in [0, 0.05) is 30.2 Å². The summed E-state index contributed by atoms with van der Waals surface area (Å²) in [6, 6.07) is 3.71. The standard InChI is InChI=1S/C17H20FN3O3S/c1-10(22)19-7-13-8-21(17(23)24-13)12-5-14(18)16-15(6-12)25-9-11-3-2-4-20(11)16/h5-6,11,13H,2-4,7-9H2,1H3,(H,19,22)/t11-,13-/m0/s1. The van der Waals surface area contributed by atoms with E-state index in [0.717, 1.165) is 30.0 Å². The van der Waals surface area contributed by atoms with E-state index in [4.69, 9.17) is 4.74 Å². The molecule has 1 aromatic carbocycles. The van der Waals surface area contributed by atoms with Crippen LogP contribution in [0.1, 0.15) is 19.8 Å². The van der Waals surface area contributed by atoms with E-state index >= 15 is 0 Å². The number of halogens is 1. The third-order valence-electron chi connectivity index (χ3n) is 4.87. The molecule has 3 aliphatic heterocycles. The number of nitrogens with zero attached hydrogens (tertiary/aromatic N) is 2. The second kappa shape index (κ2) is 6.40. The van der Waals surface area contributed by atoms with Gasteiger partial charge in [0.25, 0.3) is 0 Å². The van der Waals surface area contributed by atoms with E-state index in [9.17, 15) is 14.0 Å². The Morgan fingerprint density at radius 1 is 1.48 bits per heavy atom. The van der Waals surface area contributed by atoms with Gasteiger partial charge in [-0.25, -0.2) is 9.18 Å². The molecular formula is C17H20FN3O3S. The van der Waals surface area contributed by atoms with Crippen LogP contribution in [0, 0.1) is 5.82 Å². The summed E-state index contributed by atoms with van der Waals surface area (Å²) < 4.78 is 20.1. The van der Waals surface area contributed by atoms with Crippen LogP contribution in [0.15, 0.2) is 17.0 Å². The Hall–Kier alpha value is -1.96. The van der Waals surface area contributed by atoms with Crippen molar-refractivity contribution in [2.45, 2.75) is 36.8 Å². The van der Waals surface area contributed by atoms with Gasteiger partial charge in [0.15, 0.2) is 0 Å². The number of carbonyl (C=O) groups is 2. The smallest absolute Gasteiger partial charge is 0.414 e. The SMILES string of the molecule is CC(=O)NC[C@H]1CN(c2cc(F)c3c(c2)SC[C@@H]2CCCN32)C(=O)O1. The molecule has 0 aromatic heterocycles. The monoisotopic (exact) mass is 365 g/mol. The number of hydrogen-bond donors (Lipinski definition) is 1. The highest BCUT2D eigenvalue weighted by molar-refractivity contribution is 7.99. The summed E-state index contributed by atoms with van der Waals surface area (Å²) in [5.41, 5.74) is 1.18. The predicted molar refractivity (Wildman–Crippen MR) is 93.8 cm³/mol. The number of anilines is 2. The minimum Gasteiger partial charge on any atom is -0.442 e. The molecule has 3 heterocycles. The van der Waals surface area contributed by atoms with Gasteiger partial charge in [-0.05, 0) is 25.0 Å². The number of amides is 2. The normalized spacial score (nSPS) is 24.8. The minimum atomic E-state index is -0.505. The Morgan fingerprint density at radius 2 is 2.32 bits per heavy atom. The average Bonchev–Trinajstić information content (AvgIpc) is 3.18. The number of hydrogen-bond acceptors (Lipinski definition) is 5. The maximum Gasteiger partial charge on any atom is 0.414 e. The molecule has 0 bridgehead atoms. The maximum absolute atomic E-state index is 14.8. The largest absolute Gasteiger partial charge is 0.442 e. The summed E-state index contributed by atoms with van der Waals surface area (Å²) in [7, 11) is 0. The van der Waals surface area contributed by atoms with Crippen molar-refractivity contribution in [2.24, 2.45) is 0 Å². The molecule has 8 heteroatoms. The molecule has 0 radical (unpaired) electrons. The molecule has 134 valence electrons. The number of rotatable bonds is 3. The number of carbonyl (C=O) groups excluding carboxylic acids is 2. The predicted octanol–water partition coefficient (Wildman–Crippen LogP) is 2.36. The molecule has 3 aliphatic rings. The van der Waals surface area contributed by atoms with Gasteiger partial charge in [0.1, 0.15) is 11.9 Å². The second-order valence-corrected chi connectivity index (χ2v) is 7.69. The van der Waals surface area contributed by atoms with Gasteiger partial charge < -0.3 is 15.0 Å². The molecule has 0 aliphatic carbocycles. The number of nitrogens with one attached hydrogen (secondary N) is 1. The molecule has 25 heavy (non-hydrogen) atoms. The summed E-state index contributed by atoms with van der Waals surface area (Å²) >= 11 is 1.65. The van der Waals surface area contributed by atoms with E-state index < -0.39 is 12.2 Å². The molecule has 2 amide bonds. The molecule has 0 unspecified atom stereocenters. The van der Waals surface area contributed by atoms with Crippen LogP contribution in [0.2, 0.25) is 0 Å². The van der Waals surface area contributed by atoms with E-state index in [1.54, 1.807) is 11.8 Å². The van der Waals surface area contributed by atoms with Crippen LogP contribution in [0.4, 0.5) is 20.6 Å². The summed E-state index contributed by atoms with van der Waals surface area (Å²) in [4.78, 5) is 27.6. The Morgan fingerprint density at radius 3 is 3.12 bits per heavy atom. The van der Waals surface area contributed by atoms with Gasteiger partial charge in [0.05, 0.1) is 24.5 Å². The summed E-state index contributed by atoms with van der Waals surface area (Å²) in [6.45, 7) is 2.86. The fraction of sp³-hybridized carbons (Fsp3) is 0.529. The number of benzene rings is 1. The zero-order valence-corrected chi connectivity index (χ0v) is 14.8. The molecule has 0 spiro atoms. The molecule has 1 aromatic rings. The van der Waals surface area contributed by atoms with Crippen molar-refractivity contribution in [3.63, 3.8) is 0 Å². The fourth-order valence-electron chi connectivity index (χ4n) is 3.69. The lowest BCUT2D eigenvalue weighted by Crippen LogP contribution is -2.35. The molecule has 4 rings (SSSR count). The van der Waals surface area contributed by atoms with Crippen LogP contribution < -0.4 is 15.1 Å². The number of fused-ring (bicyclic) bond motifs is 3. The first kappa shape index (κ1) is 16.5. The first-order chi connectivity index (χ1) is 12.0.